The van der Waals surface area contributed by atoms with Crippen LogP contribution in [0.3, 0.4) is 0 Å². The lowest BCUT2D eigenvalue weighted by molar-refractivity contribution is 0.0549. The Morgan fingerprint density at radius 1 is 1.24 bits per heavy atom. The molecule has 1 atom stereocenters. The number of nitrogens with zero attached hydrogens (tertiary/aromatic N) is 1. The first-order chi connectivity index (χ1) is 8.29. The molecule has 2 aliphatic rings. The summed E-state index contributed by atoms with van der Waals surface area (Å²) in [6.45, 7) is 8.86. The van der Waals surface area contributed by atoms with Gasteiger partial charge in [0.2, 0.25) is 0 Å². The van der Waals surface area contributed by atoms with E-state index in [1.165, 1.54) is 38.6 Å². The summed E-state index contributed by atoms with van der Waals surface area (Å²) in [5.74, 6) is 0. The van der Waals surface area contributed by atoms with Crippen molar-refractivity contribution in [2.75, 3.05) is 26.2 Å². The smallest absolute Gasteiger partial charge is 0.0674 e. The molecular weight excluding hydrogens is 212 g/mol. The van der Waals surface area contributed by atoms with Crippen LogP contribution in [0.15, 0.2) is 0 Å². The molecule has 3 heteroatoms. The fraction of sp³-hybridized carbons (Fsp3) is 1.00. The van der Waals surface area contributed by atoms with Crippen molar-refractivity contribution >= 4 is 0 Å². The van der Waals surface area contributed by atoms with Gasteiger partial charge in [-0.25, -0.2) is 0 Å². The van der Waals surface area contributed by atoms with Crippen molar-refractivity contribution < 1.29 is 4.74 Å². The Balaban J connectivity index is 1.78. The van der Waals surface area contributed by atoms with Crippen LogP contribution in [0.25, 0.3) is 0 Å². The topological polar surface area (TPSA) is 24.5 Å². The zero-order valence-electron chi connectivity index (χ0n) is 11.5. The van der Waals surface area contributed by atoms with Gasteiger partial charge in [-0.2, -0.15) is 0 Å². The van der Waals surface area contributed by atoms with Crippen LogP contribution in [0, 0.1) is 0 Å². The van der Waals surface area contributed by atoms with Crippen molar-refractivity contribution in [1.29, 1.82) is 0 Å². The van der Waals surface area contributed by atoms with Crippen LogP contribution in [0.5, 0.6) is 0 Å². The fourth-order valence-electron chi connectivity index (χ4n) is 3.29. The highest BCUT2D eigenvalue weighted by Gasteiger charge is 2.27. The molecule has 1 unspecified atom stereocenters. The van der Waals surface area contributed by atoms with Gasteiger partial charge in [0.15, 0.2) is 0 Å². The standard InChI is InChI=1S/C14H28N2O/c1-3-15-13-5-7-14(8-6-13)16-9-4-10-17-12(2)11-16/h12-15H,3-11H2,1-2H3. The summed E-state index contributed by atoms with van der Waals surface area (Å²) in [5.41, 5.74) is 0. The molecule has 1 aliphatic carbocycles. The van der Waals surface area contributed by atoms with Crippen LogP contribution in [0.1, 0.15) is 46.0 Å². The van der Waals surface area contributed by atoms with Crippen molar-refractivity contribution in [3.63, 3.8) is 0 Å². The molecule has 3 nitrogen and oxygen atoms in total. The second-order valence-corrected chi connectivity index (χ2v) is 5.59. The second kappa shape index (κ2) is 6.72. The minimum atomic E-state index is 0.420. The van der Waals surface area contributed by atoms with Crippen molar-refractivity contribution in [2.24, 2.45) is 0 Å². The molecule has 1 heterocycles. The lowest BCUT2D eigenvalue weighted by Gasteiger charge is -2.37. The first-order valence-electron chi connectivity index (χ1n) is 7.38. The zero-order valence-corrected chi connectivity index (χ0v) is 11.5. The van der Waals surface area contributed by atoms with Crippen molar-refractivity contribution in [2.45, 2.75) is 64.1 Å². The van der Waals surface area contributed by atoms with E-state index < -0.39 is 0 Å². The number of hydrogen-bond donors (Lipinski definition) is 1. The molecule has 0 aromatic rings. The van der Waals surface area contributed by atoms with Gasteiger partial charge in [0, 0.05) is 31.8 Å². The van der Waals surface area contributed by atoms with E-state index in [4.69, 9.17) is 4.74 Å². The average Bonchev–Trinajstić information content (AvgIpc) is 2.55. The van der Waals surface area contributed by atoms with E-state index in [2.05, 4.69) is 24.1 Å². The van der Waals surface area contributed by atoms with Crippen molar-refractivity contribution in [3.8, 4) is 0 Å². The summed E-state index contributed by atoms with van der Waals surface area (Å²) in [6.07, 6.45) is 7.06. The Hall–Kier alpha value is -0.120. The molecule has 0 spiro atoms. The summed E-state index contributed by atoms with van der Waals surface area (Å²) in [7, 11) is 0. The normalized spacial score (nSPS) is 36.7. The van der Waals surface area contributed by atoms with E-state index in [9.17, 15) is 0 Å². The first-order valence-corrected chi connectivity index (χ1v) is 7.38. The van der Waals surface area contributed by atoms with Crippen molar-refractivity contribution in [3.05, 3.63) is 0 Å². The predicted octanol–water partition coefficient (Wildman–Crippen LogP) is 2.02. The molecule has 2 rings (SSSR count). The van der Waals surface area contributed by atoms with E-state index in [-0.39, 0.29) is 0 Å². The molecule has 1 saturated heterocycles. The second-order valence-electron chi connectivity index (χ2n) is 5.59. The highest BCUT2D eigenvalue weighted by molar-refractivity contribution is 4.84. The largest absolute Gasteiger partial charge is 0.377 e. The summed E-state index contributed by atoms with van der Waals surface area (Å²) in [6, 6.07) is 1.59. The summed E-state index contributed by atoms with van der Waals surface area (Å²) in [5, 5.41) is 3.59. The van der Waals surface area contributed by atoms with Crippen LogP contribution < -0.4 is 5.32 Å². The molecule has 1 saturated carbocycles. The molecule has 0 aromatic carbocycles. The third kappa shape index (κ3) is 3.94. The molecular formula is C14H28N2O. The lowest BCUT2D eigenvalue weighted by Crippen LogP contribution is -2.44. The third-order valence-corrected chi connectivity index (χ3v) is 4.19. The Kier molecular flexibility index (Phi) is 5.26. The number of rotatable bonds is 3. The summed E-state index contributed by atoms with van der Waals surface area (Å²) >= 11 is 0. The number of ether oxygens (including phenoxy) is 1. The SMILES string of the molecule is CCNC1CCC(N2CCCOC(C)C2)CC1. The van der Waals surface area contributed by atoms with Crippen LogP contribution in [0.4, 0.5) is 0 Å². The maximum absolute atomic E-state index is 5.73. The van der Waals surface area contributed by atoms with E-state index in [1.54, 1.807) is 0 Å². The molecule has 1 aliphatic heterocycles. The van der Waals surface area contributed by atoms with Gasteiger partial charge in [0.05, 0.1) is 6.10 Å². The molecule has 17 heavy (non-hydrogen) atoms. The van der Waals surface area contributed by atoms with Crippen LogP contribution in [-0.2, 0) is 4.74 Å². The molecule has 2 fully saturated rings. The van der Waals surface area contributed by atoms with Gasteiger partial charge in [0.25, 0.3) is 0 Å². The van der Waals surface area contributed by atoms with Gasteiger partial charge in [-0.15, -0.1) is 0 Å². The quantitative estimate of drug-likeness (QED) is 0.817. The van der Waals surface area contributed by atoms with E-state index in [0.717, 1.165) is 31.8 Å². The van der Waals surface area contributed by atoms with Crippen molar-refractivity contribution in [1.82, 2.24) is 10.2 Å². The molecule has 0 bridgehead atoms. The maximum atomic E-state index is 5.73. The van der Waals surface area contributed by atoms with E-state index >= 15 is 0 Å². The average molecular weight is 240 g/mol. The van der Waals surface area contributed by atoms with Gasteiger partial charge >= 0.3 is 0 Å². The fourth-order valence-corrected chi connectivity index (χ4v) is 3.29. The Bertz CT molecular complexity index is 214. The van der Waals surface area contributed by atoms with Gasteiger partial charge in [-0.1, -0.05) is 6.92 Å². The van der Waals surface area contributed by atoms with Crippen LogP contribution >= 0.6 is 0 Å². The van der Waals surface area contributed by atoms with E-state index in [0.29, 0.717) is 6.10 Å². The molecule has 0 amide bonds. The van der Waals surface area contributed by atoms with Gasteiger partial charge in [-0.3, -0.25) is 4.90 Å². The Labute approximate surface area is 106 Å². The highest BCUT2D eigenvalue weighted by atomic mass is 16.5. The molecule has 0 radical (unpaired) electrons. The Morgan fingerprint density at radius 3 is 2.71 bits per heavy atom. The summed E-state index contributed by atoms with van der Waals surface area (Å²) < 4.78 is 5.73. The van der Waals surface area contributed by atoms with Crippen LogP contribution in [-0.4, -0.2) is 49.3 Å². The zero-order chi connectivity index (χ0) is 12.1. The van der Waals surface area contributed by atoms with Gasteiger partial charge in [-0.05, 0) is 45.6 Å². The van der Waals surface area contributed by atoms with Gasteiger partial charge < -0.3 is 10.1 Å². The lowest BCUT2D eigenvalue weighted by atomic mass is 9.90. The molecule has 0 aromatic heterocycles. The number of nitrogens with one attached hydrogen (secondary N) is 1. The Morgan fingerprint density at radius 2 is 2.00 bits per heavy atom. The third-order valence-electron chi connectivity index (χ3n) is 4.19. The predicted molar refractivity (Wildman–Crippen MR) is 71.3 cm³/mol. The maximum Gasteiger partial charge on any atom is 0.0674 e. The molecule has 100 valence electrons. The minimum absolute atomic E-state index is 0.420. The highest BCUT2D eigenvalue weighted by Crippen LogP contribution is 2.24. The van der Waals surface area contributed by atoms with E-state index in [1.807, 2.05) is 0 Å². The summed E-state index contributed by atoms with van der Waals surface area (Å²) in [4.78, 5) is 2.68. The van der Waals surface area contributed by atoms with Crippen LogP contribution in [0.2, 0.25) is 0 Å². The monoisotopic (exact) mass is 240 g/mol. The first kappa shape index (κ1) is 13.3. The van der Waals surface area contributed by atoms with Gasteiger partial charge in [0.1, 0.15) is 0 Å². The number of hydrogen-bond acceptors (Lipinski definition) is 3. The molecule has 1 N–H and O–H groups in total. The minimum Gasteiger partial charge on any atom is -0.377 e.